The highest BCUT2D eigenvalue weighted by atomic mass is 79.9. The zero-order valence-corrected chi connectivity index (χ0v) is 18.9. The average molecular weight is 458 g/mol. The van der Waals surface area contributed by atoms with Crippen molar-refractivity contribution in [2.45, 2.75) is 71.3 Å². The van der Waals surface area contributed by atoms with Gasteiger partial charge in [-0.25, -0.2) is 4.79 Å². The van der Waals surface area contributed by atoms with Crippen LogP contribution in [0.5, 0.6) is 0 Å². The molecule has 0 spiro atoms. The van der Waals surface area contributed by atoms with Gasteiger partial charge >= 0.3 is 5.97 Å². The number of esters is 1. The Morgan fingerprint density at radius 2 is 1.79 bits per heavy atom. The summed E-state index contributed by atoms with van der Waals surface area (Å²) in [4.78, 5) is 26.5. The molecule has 1 heterocycles. The molecule has 0 saturated heterocycles. The maximum absolute atomic E-state index is 13.3. The van der Waals surface area contributed by atoms with Gasteiger partial charge in [0.05, 0.1) is 5.57 Å². The number of carbonyl (C=O) groups is 2. The van der Waals surface area contributed by atoms with Crippen molar-refractivity contribution in [3.05, 3.63) is 56.8 Å². The van der Waals surface area contributed by atoms with Crippen LogP contribution in [0.15, 0.2) is 51.3 Å². The summed E-state index contributed by atoms with van der Waals surface area (Å²) in [5, 5.41) is 3.40. The van der Waals surface area contributed by atoms with Crippen LogP contribution in [-0.4, -0.2) is 17.9 Å². The van der Waals surface area contributed by atoms with Crippen molar-refractivity contribution >= 4 is 27.7 Å². The standard InChI is InChI=1S/C24H28BrNO3/c1-14-20(23(28)29-17-6-4-5-7-17)21(15-8-10-16(25)11-9-15)22-18(26-14)12-24(2,3)13-19(22)27/h8-11,17,21,26H,4-7,12-13H2,1-3H3/t21-/m1/s1. The lowest BCUT2D eigenvalue weighted by Crippen LogP contribution is -2.39. The van der Waals surface area contributed by atoms with Crippen molar-refractivity contribution in [2.75, 3.05) is 0 Å². The second-order valence-electron chi connectivity index (χ2n) is 9.29. The number of allylic oxidation sites excluding steroid dienone is 3. The van der Waals surface area contributed by atoms with Gasteiger partial charge < -0.3 is 10.1 Å². The smallest absolute Gasteiger partial charge is 0.337 e. The van der Waals surface area contributed by atoms with Crippen molar-refractivity contribution in [1.29, 1.82) is 0 Å². The van der Waals surface area contributed by atoms with Gasteiger partial charge in [-0.05, 0) is 62.1 Å². The van der Waals surface area contributed by atoms with Gasteiger partial charge in [0.2, 0.25) is 0 Å². The van der Waals surface area contributed by atoms with Gasteiger partial charge in [0.15, 0.2) is 5.78 Å². The van der Waals surface area contributed by atoms with Gasteiger partial charge in [0.1, 0.15) is 6.10 Å². The van der Waals surface area contributed by atoms with Crippen LogP contribution in [0.2, 0.25) is 0 Å². The summed E-state index contributed by atoms with van der Waals surface area (Å²) in [6, 6.07) is 7.91. The second-order valence-corrected chi connectivity index (χ2v) is 10.2. The number of hydrogen-bond acceptors (Lipinski definition) is 4. The number of hydrogen-bond donors (Lipinski definition) is 1. The quantitative estimate of drug-likeness (QED) is 0.605. The summed E-state index contributed by atoms with van der Waals surface area (Å²) in [5.41, 5.74) is 3.92. The SMILES string of the molecule is CC1=C(C(=O)OC2CCCC2)[C@@H](c2ccc(Br)cc2)C2=C(CC(C)(C)CC2=O)N1. The molecular formula is C24H28BrNO3. The number of ether oxygens (including phenoxy) is 1. The summed E-state index contributed by atoms with van der Waals surface area (Å²) < 4.78 is 6.84. The Hall–Kier alpha value is -1.88. The minimum atomic E-state index is -0.378. The second kappa shape index (κ2) is 7.75. The minimum absolute atomic E-state index is 0.00950. The highest BCUT2D eigenvalue weighted by Gasteiger charge is 2.43. The lowest BCUT2D eigenvalue weighted by atomic mass is 9.68. The number of rotatable bonds is 3. The maximum atomic E-state index is 13.3. The zero-order valence-electron chi connectivity index (χ0n) is 17.3. The van der Waals surface area contributed by atoms with E-state index in [1.165, 1.54) is 0 Å². The first-order valence-corrected chi connectivity index (χ1v) is 11.2. The van der Waals surface area contributed by atoms with Gasteiger partial charge in [-0.3, -0.25) is 4.79 Å². The highest BCUT2D eigenvalue weighted by Crippen LogP contribution is 2.47. The topological polar surface area (TPSA) is 55.4 Å². The molecule has 0 amide bonds. The van der Waals surface area contributed by atoms with Crippen LogP contribution < -0.4 is 5.32 Å². The molecule has 1 aliphatic heterocycles. The number of nitrogens with one attached hydrogen (secondary N) is 1. The van der Waals surface area contributed by atoms with Crippen LogP contribution in [0, 0.1) is 5.41 Å². The normalized spacial score (nSPS) is 24.4. The van der Waals surface area contributed by atoms with Gasteiger partial charge in [0.25, 0.3) is 0 Å². The number of halogens is 1. The molecule has 0 bridgehead atoms. The van der Waals surface area contributed by atoms with Crippen LogP contribution in [0.3, 0.4) is 0 Å². The molecule has 1 N–H and O–H groups in total. The Bertz CT molecular complexity index is 905. The first kappa shape index (κ1) is 20.4. The summed E-state index contributed by atoms with van der Waals surface area (Å²) in [6.07, 6.45) is 5.34. The summed E-state index contributed by atoms with van der Waals surface area (Å²) in [6.45, 7) is 6.16. The van der Waals surface area contributed by atoms with Gasteiger partial charge in [-0.15, -0.1) is 0 Å². The summed E-state index contributed by atoms with van der Waals surface area (Å²) in [7, 11) is 0. The molecular weight excluding hydrogens is 430 g/mol. The van der Waals surface area contributed by atoms with Crippen LogP contribution >= 0.6 is 15.9 Å². The number of carbonyl (C=O) groups excluding carboxylic acids is 2. The van der Waals surface area contributed by atoms with E-state index >= 15 is 0 Å². The Kier molecular flexibility index (Phi) is 5.45. The Labute approximate surface area is 180 Å². The molecule has 4 nitrogen and oxygen atoms in total. The molecule has 1 saturated carbocycles. The third-order valence-electron chi connectivity index (χ3n) is 6.24. The highest BCUT2D eigenvalue weighted by molar-refractivity contribution is 9.10. The minimum Gasteiger partial charge on any atom is -0.459 e. The largest absolute Gasteiger partial charge is 0.459 e. The van der Waals surface area contributed by atoms with Crippen molar-refractivity contribution < 1.29 is 14.3 Å². The van der Waals surface area contributed by atoms with E-state index in [9.17, 15) is 9.59 Å². The lowest BCUT2D eigenvalue weighted by Gasteiger charge is -2.39. The van der Waals surface area contributed by atoms with Gasteiger partial charge in [-0.1, -0.05) is 41.9 Å². The average Bonchev–Trinajstić information content (AvgIpc) is 3.13. The fourth-order valence-corrected chi connectivity index (χ4v) is 5.18. The molecule has 0 unspecified atom stereocenters. The van der Waals surface area contributed by atoms with Gasteiger partial charge in [-0.2, -0.15) is 0 Å². The van der Waals surface area contributed by atoms with Crippen LogP contribution in [-0.2, 0) is 14.3 Å². The molecule has 5 heteroatoms. The molecule has 1 aromatic rings. The summed E-state index contributed by atoms with van der Waals surface area (Å²) in [5.74, 6) is -0.550. The van der Waals surface area contributed by atoms with Gasteiger partial charge in [0, 0.05) is 33.8 Å². The van der Waals surface area contributed by atoms with Crippen molar-refractivity contribution in [1.82, 2.24) is 5.32 Å². The van der Waals surface area contributed by atoms with E-state index in [1.807, 2.05) is 31.2 Å². The first-order valence-electron chi connectivity index (χ1n) is 10.5. The van der Waals surface area contributed by atoms with E-state index in [2.05, 4.69) is 35.1 Å². The monoisotopic (exact) mass is 457 g/mol. The van der Waals surface area contributed by atoms with Crippen molar-refractivity contribution in [3.8, 4) is 0 Å². The predicted molar refractivity (Wildman–Crippen MR) is 116 cm³/mol. The molecule has 2 aliphatic carbocycles. The third kappa shape index (κ3) is 4.07. The fraction of sp³-hybridized carbons (Fsp3) is 0.500. The van der Waals surface area contributed by atoms with Crippen LogP contribution in [0.4, 0.5) is 0 Å². The van der Waals surface area contributed by atoms with E-state index < -0.39 is 0 Å². The lowest BCUT2D eigenvalue weighted by molar-refractivity contribution is -0.144. The number of dihydropyridines is 1. The molecule has 4 rings (SSSR count). The molecule has 154 valence electrons. The molecule has 1 fully saturated rings. The fourth-order valence-electron chi connectivity index (χ4n) is 4.92. The maximum Gasteiger partial charge on any atom is 0.337 e. The number of ketones is 1. The molecule has 1 atom stereocenters. The van der Waals surface area contributed by atoms with E-state index in [-0.39, 0.29) is 29.2 Å². The number of Topliss-reactive ketones (excluding diaryl/α,β-unsaturated/α-hetero) is 1. The zero-order chi connectivity index (χ0) is 20.8. The Morgan fingerprint density at radius 3 is 2.45 bits per heavy atom. The molecule has 29 heavy (non-hydrogen) atoms. The number of benzene rings is 1. The predicted octanol–water partition coefficient (Wildman–Crippen LogP) is 5.54. The molecule has 1 aromatic carbocycles. The Balaban J connectivity index is 1.78. The van der Waals surface area contributed by atoms with E-state index in [1.54, 1.807) is 0 Å². The summed E-state index contributed by atoms with van der Waals surface area (Å²) >= 11 is 3.48. The molecule has 0 aromatic heterocycles. The first-order chi connectivity index (χ1) is 13.7. The van der Waals surface area contributed by atoms with Crippen molar-refractivity contribution in [2.24, 2.45) is 5.41 Å². The van der Waals surface area contributed by atoms with Crippen LogP contribution in [0.25, 0.3) is 0 Å². The Morgan fingerprint density at radius 1 is 1.14 bits per heavy atom. The third-order valence-corrected chi connectivity index (χ3v) is 6.77. The van der Waals surface area contributed by atoms with Crippen LogP contribution in [0.1, 0.15) is 70.8 Å². The van der Waals surface area contributed by atoms with E-state index in [0.29, 0.717) is 12.0 Å². The van der Waals surface area contributed by atoms with E-state index in [0.717, 1.165) is 59.1 Å². The van der Waals surface area contributed by atoms with E-state index in [4.69, 9.17) is 4.74 Å². The molecule has 3 aliphatic rings. The molecule has 0 radical (unpaired) electrons. The van der Waals surface area contributed by atoms with Crippen molar-refractivity contribution in [3.63, 3.8) is 0 Å².